The van der Waals surface area contributed by atoms with Crippen molar-refractivity contribution < 1.29 is 14.7 Å². The van der Waals surface area contributed by atoms with Crippen molar-refractivity contribution in [3.63, 3.8) is 0 Å². The number of fused-ring (bicyclic) bond motifs is 1. The Balaban J connectivity index is 1.94. The van der Waals surface area contributed by atoms with Gasteiger partial charge in [0.15, 0.2) is 5.78 Å². The summed E-state index contributed by atoms with van der Waals surface area (Å²) in [6.45, 7) is 12.1. The van der Waals surface area contributed by atoms with Crippen LogP contribution in [0.4, 0.5) is 5.69 Å². The quantitative estimate of drug-likeness (QED) is 0.670. The highest BCUT2D eigenvalue weighted by atomic mass is 16.3. The van der Waals surface area contributed by atoms with Crippen molar-refractivity contribution in [3.05, 3.63) is 46.3 Å². The monoisotopic (exact) mass is 368 g/mol. The van der Waals surface area contributed by atoms with E-state index in [1.165, 1.54) is 0 Å². The van der Waals surface area contributed by atoms with E-state index < -0.39 is 0 Å². The zero-order valence-corrected chi connectivity index (χ0v) is 16.9. The average molecular weight is 368 g/mol. The van der Waals surface area contributed by atoms with Crippen LogP contribution in [0.15, 0.2) is 18.2 Å². The Hall–Kier alpha value is -2.56. The maximum absolute atomic E-state index is 12.9. The number of Topliss-reactive ketones (excluding diaryl/α,β-unsaturated/α-hetero) is 1. The normalized spacial score (nSPS) is 16.1. The molecule has 1 amide bonds. The average Bonchev–Trinajstić information content (AvgIpc) is 2.83. The molecular weight excluding hydrogens is 340 g/mol. The van der Waals surface area contributed by atoms with Gasteiger partial charge in [-0.1, -0.05) is 40.7 Å². The minimum atomic E-state index is -0.353. The molecule has 144 valence electrons. The molecule has 3 N–H and O–H groups in total. The van der Waals surface area contributed by atoms with E-state index in [4.69, 9.17) is 0 Å². The maximum atomic E-state index is 12.9. The van der Waals surface area contributed by atoms with Gasteiger partial charge in [0.2, 0.25) is 0 Å². The number of hydrogen-bond acceptors (Lipinski definition) is 3. The number of aromatic hydroxyl groups is 1. The van der Waals surface area contributed by atoms with Gasteiger partial charge >= 0.3 is 0 Å². The topological polar surface area (TPSA) is 82.2 Å². The SMILES string of the molecule is Cc1c(C(=O)Nc2cc(C(C)(C)C)ccc2O)[nH]c2c1C(=O)CC(C)(C)C2. The molecule has 0 saturated heterocycles. The van der Waals surface area contributed by atoms with Crippen LogP contribution in [-0.4, -0.2) is 21.8 Å². The second-order valence-electron chi connectivity index (χ2n) is 9.36. The molecule has 0 spiro atoms. The van der Waals surface area contributed by atoms with Crippen molar-refractivity contribution >= 4 is 17.4 Å². The third-order valence-corrected chi connectivity index (χ3v) is 5.24. The highest BCUT2D eigenvalue weighted by Gasteiger charge is 2.35. The Kier molecular flexibility index (Phi) is 4.45. The molecule has 5 nitrogen and oxygen atoms in total. The number of benzene rings is 1. The van der Waals surface area contributed by atoms with Crippen molar-refractivity contribution in [1.82, 2.24) is 4.98 Å². The summed E-state index contributed by atoms with van der Waals surface area (Å²) in [4.78, 5) is 28.6. The smallest absolute Gasteiger partial charge is 0.272 e. The molecular formula is C22H28N2O3. The van der Waals surface area contributed by atoms with Crippen LogP contribution in [0.3, 0.4) is 0 Å². The number of hydrogen-bond donors (Lipinski definition) is 3. The van der Waals surface area contributed by atoms with E-state index in [0.29, 0.717) is 28.9 Å². The number of ketones is 1. The standard InChI is InChI=1S/C22H28N2O3/c1-12-18-15(10-22(5,6)11-17(18)26)23-19(12)20(27)24-14-9-13(21(2,3)4)7-8-16(14)25/h7-9,23,25H,10-11H2,1-6H3,(H,24,27). The van der Waals surface area contributed by atoms with Crippen LogP contribution in [-0.2, 0) is 11.8 Å². The number of nitrogens with one attached hydrogen (secondary N) is 2. The lowest BCUT2D eigenvalue weighted by molar-refractivity contribution is 0.0910. The summed E-state index contributed by atoms with van der Waals surface area (Å²) in [6, 6.07) is 5.23. The predicted octanol–water partition coefficient (Wildman–Crippen LogP) is 4.73. The van der Waals surface area contributed by atoms with Gasteiger partial charge in [0, 0.05) is 17.7 Å². The van der Waals surface area contributed by atoms with Gasteiger partial charge in [-0.3, -0.25) is 9.59 Å². The fraction of sp³-hybridized carbons (Fsp3) is 0.455. The second-order valence-corrected chi connectivity index (χ2v) is 9.36. The first-order valence-electron chi connectivity index (χ1n) is 9.28. The summed E-state index contributed by atoms with van der Waals surface area (Å²) < 4.78 is 0. The molecule has 0 saturated carbocycles. The first kappa shape index (κ1) is 19.2. The number of carbonyl (C=O) groups is 2. The molecule has 27 heavy (non-hydrogen) atoms. The van der Waals surface area contributed by atoms with Crippen LogP contribution in [0.25, 0.3) is 0 Å². The van der Waals surface area contributed by atoms with Crippen LogP contribution < -0.4 is 5.32 Å². The zero-order valence-electron chi connectivity index (χ0n) is 16.9. The van der Waals surface area contributed by atoms with E-state index in [9.17, 15) is 14.7 Å². The lowest BCUT2D eigenvalue weighted by Gasteiger charge is -2.28. The molecule has 0 unspecified atom stereocenters. The second kappa shape index (κ2) is 6.25. The van der Waals surface area contributed by atoms with Crippen LogP contribution in [0.2, 0.25) is 0 Å². The van der Waals surface area contributed by atoms with Crippen LogP contribution >= 0.6 is 0 Å². The highest BCUT2D eigenvalue weighted by molar-refractivity contribution is 6.09. The number of phenols is 1. The van der Waals surface area contributed by atoms with Crippen LogP contribution in [0.5, 0.6) is 5.75 Å². The first-order valence-corrected chi connectivity index (χ1v) is 9.28. The third-order valence-electron chi connectivity index (χ3n) is 5.24. The number of amides is 1. The number of phenolic OH excluding ortho intramolecular Hbond substituents is 1. The van der Waals surface area contributed by atoms with Gasteiger partial charge in [0.05, 0.1) is 5.69 Å². The molecule has 1 heterocycles. The summed E-state index contributed by atoms with van der Waals surface area (Å²) in [7, 11) is 0. The Bertz CT molecular complexity index is 930. The Morgan fingerprint density at radius 3 is 2.52 bits per heavy atom. The van der Waals surface area contributed by atoms with E-state index in [2.05, 4.69) is 44.9 Å². The molecule has 1 aliphatic carbocycles. The van der Waals surface area contributed by atoms with Crippen LogP contribution in [0, 0.1) is 12.3 Å². The van der Waals surface area contributed by atoms with Gasteiger partial charge in [0.25, 0.3) is 5.91 Å². The summed E-state index contributed by atoms with van der Waals surface area (Å²) in [6.07, 6.45) is 1.21. The molecule has 0 atom stereocenters. The van der Waals surface area contributed by atoms with E-state index >= 15 is 0 Å². The molecule has 0 radical (unpaired) electrons. The third kappa shape index (κ3) is 3.64. The number of aromatic nitrogens is 1. The maximum Gasteiger partial charge on any atom is 0.272 e. The van der Waals surface area contributed by atoms with Gasteiger partial charge in [-0.25, -0.2) is 0 Å². The first-order chi connectivity index (χ1) is 12.4. The number of rotatable bonds is 2. The van der Waals surface area contributed by atoms with Gasteiger partial charge in [0.1, 0.15) is 11.4 Å². The number of anilines is 1. The molecule has 1 aromatic heterocycles. The molecule has 0 bridgehead atoms. The summed E-state index contributed by atoms with van der Waals surface area (Å²) in [5.41, 5.74) is 3.68. The van der Waals surface area contributed by atoms with Crippen molar-refractivity contribution in [2.45, 2.75) is 59.8 Å². The van der Waals surface area contributed by atoms with Gasteiger partial charge < -0.3 is 15.4 Å². The summed E-state index contributed by atoms with van der Waals surface area (Å²) in [5.74, 6) is -0.261. The molecule has 0 fully saturated rings. The summed E-state index contributed by atoms with van der Waals surface area (Å²) >= 11 is 0. The fourth-order valence-electron chi connectivity index (χ4n) is 3.75. The Morgan fingerprint density at radius 2 is 1.89 bits per heavy atom. The lowest BCUT2D eigenvalue weighted by Crippen LogP contribution is -2.26. The molecule has 5 heteroatoms. The number of carbonyl (C=O) groups excluding carboxylic acids is 2. The van der Waals surface area contributed by atoms with Crippen molar-refractivity contribution in [3.8, 4) is 5.75 Å². The van der Waals surface area contributed by atoms with E-state index in [0.717, 1.165) is 17.7 Å². The van der Waals surface area contributed by atoms with Crippen LogP contribution in [0.1, 0.15) is 78.7 Å². The Morgan fingerprint density at radius 1 is 1.22 bits per heavy atom. The van der Waals surface area contributed by atoms with Gasteiger partial charge in [-0.05, 0) is 47.4 Å². The van der Waals surface area contributed by atoms with Crippen molar-refractivity contribution in [2.24, 2.45) is 5.41 Å². The molecule has 0 aliphatic heterocycles. The molecule has 2 aromatic rings. The van der Waals surface area contributed by atoms with E-state index in [-0.39, 0.29) is 28.3 Å². The predicted molar refractivity (Wildman–Crippen MR) is 107 cm³/mol. The number of aromatic amines is 1. The minimum absolute atomic E-state index is 0.0162. The van der Waals surface area contributed by atoms with Gasteiger partial charge in [-0.15, -0.1) is 0 Å². The van der Waals surface area contributed by atoms with Crippen molar-refractivity contribution in [2.75, 3.05) is 5.32 Å². The van der Waals surface area contributed by atoms with E-state index in [1.807, 2.05) is 6.07 Å². The highest BCUT2D eigenvalue weighted by Crippen LogP contribution is 2.37. The largest absolute Gasteiger partial charge is 0.506 e. The minimum Gasteiger partial charge on any atom is -0.506 e. The lowest BCUT2D eigenvalue weighted by atomic mass is 9.75. The zero-order chi connectivity index (χ0) is 20.1. The van der Waals surface area contributed by atoms with Gasteiger partial charge in [-0.2, -0.15) is 0 Å². The Labute approximate surface area is 160 Å². The van der Waals surface area contributed by atoms with E-state index in [1.54, 1.807) is 19.1 Å². The molecule has 1 aromatic carbocycles. The fourth-order valence-corrected chi connectivity index (χ4v) is 3.75. The number of H-pyrrole nitrogens is 1. The van der Waals surface area contributed by atoms with Crippen molar-refractivity contribution in [1.29, 1.82) is 0 Å². The molecule has 1 aliphatic rings. The summed E-state index contributed by atoms with van der Waals surface area (Å²) in [5, 5.41) is 13.0. The molecule has 3 rings (SSSR count).